The van der Waals surface area contributed by atoms with Crippen molar-refractivity contribution >= 4 is 5.69 Å². The van der Waals surface area contributed by atoms with E-state index in [0.717, 1.165) is 18.7 Å². The maximum absolute atomic E-state index is 4.44. The van der Waals surface area contributed by atoms with Gasteiger partial charge in [0.25, 0.3) is 0 Å². The number of hydrogen-bond donors (Lipinski definition) is 1. The predicted octanol–water partition coefficient (Wildman–Crippen LogP) is 3.41. The highest BCUT2D eigenvalue weighted by molar-refractivity contribution is 5.47. The van der Waals surface area contributed by atoms with E-state index in [-0.39, 0.29) is 0 Å². The molecular formula is C16H23N3. The van der Waals surface area contributed by atoms with Crippen molar-refractivity contribution in [1.82, 2.24) is 9.97 Å². The van der Waals surface area contributed by atoms with E-state index in [0.29, 0.717) is 0 Å². The van der Waals surface area contributed by atoms with E-state index in [1.807, 2.05) is 6.20 Å². The van der Waals surface area contributed by atoms with Crippen LogP contribution in [0.5, 0.6) is 0 Å². The topological polar surface area (TPSA) is 31.9 Å². The Hall–Kier alpha value is -1.77. The number of benzene rings is 1. The Kier molecular flexibility index (Phi) is 4.61. The lowest BCUT2D eigenvalue weighted by Crippen LogP contribution is -2.08. The molecule has 0 fully saturated rings. The minimum atomic E-state index is 0.917. The number of H-pyrrole nitrogens is 1. The van der Waals surface area contributed by atoms with E-state index in [1.54, 1.807) is 0 Å². The number of imidazole rings is 1. The summed E-state index contributed by atoms with van der Waals surface area (Å²) in [4.78, 5) is 9.99. The van der Waals surface area contributed by atoms with Crippen molar-refractivity contribution in [2.75, 3.05) is 19.0 Å². The van der Waals surface area contributed by atoms with Crippen LogP contribution < -0.4 is 4.90 Å². The van der Waals surface area contributed by atoms with Gasteiger partial charge in [-0.1, -0.05) is 25.5 Å². The number of aromatic amines is 1. The summed E-state index contributed by atoms with van der Waals surface area (Å²) in [6.07, 6.45) is 6.34. The van der Waals surface area contributed by atoms with Crippen molar-refractivity contribution in [3.63, 3.8) is 0 Å². The molecule has 1 N–H and O–H groups in total. The van der Waals surface area contributed by atoms with Crippen LogP contribution in [0.1, 0.15) is 36.8 Å². The van der Waals surface area contributed by atoms with Gasteiger partial charge in [-0.3, -0.25) is 0 Å². The van der Waals surface area contributed by atoms with Crippen molar-refractivity contribution in [1.29, 1.82) is 0 Å². The van der Waals surface area contributed by atoms with E-state index in [2.05, 4.69) is 60.2 Å². The first-order valence-electron chi connectivity index (χ1n) is 6.98. The molecule has 3 heteroatoms. The third-order valence-electron chi connectivity index (χ3n) is 3.27. The Balaban J connectivity index is 2.04. The molecule has 19 heavy (non-hydrogen) atoms. The van der Waals surface area contributed by atoms with Crippen LogP contribution in [0.25, 0.3) is 0 Å². The fourth-order valence-electron chi connectivity index (χ4n) is 2.13. The quantitative estimate of drug-likeness (QED) is 0.860. The zero-order valence-corrected chi connectivity index (χ0v) is 12.1. The van der Waals surface area contributed by atoms with E-state index in [9.17, 15) is 0 Å². The Morgan fingerprint density at radius 2 is 2.11 bits per heavy atom. The Labute approximate surface area is 115 Å². The van der Waals surface area contributed by atoms with Crippen LogP contribution in [0.3, 0.4) is 0 Å². The number of aryl methyl sites for hydroxylation is 1. The second-order valence-corrected chi connectivity index (χ2v) is 5.20. The maximum Gasteiger partial charge on any atom is 0.106 e. The van der Waals surface area contributed by atoms with Crippen LogP contribution in [0.2, 0.25) is 0 Å². The Bertz CT molecular complexity index is 514. The lowest BCUT2D eigenvalue weighted by atomic mass is 10.1. The summed E-state index contributed by atoms with van der Waals surface area (Å²) in [6.45, 7) is 2.20. The molecule has 0 saturated carbocycles. The molecule has 102 valence electrons. The van der Waals surface area contributed by atoms with Crippen LogP contribution in [-0.4, -0.2) is 24.1 Å². The fourth-order valence-corrected chi connectivity index (χ4v) is 2.13. The largest absolute Gasteiger partial charge is 0.378 e. The average Bonchev–Trinajstić information content (AvgIpc) is 2.84. The standard InChI is InChI=1S/C16H23N3/c1-4-5-9-16-17-12-14(18-16)10-13-7-6-8-15(11-13)19(2)3/h6-8,11-12H,4-5,9-10H2,1-3H3,(H,17,18). The van der Waals surface area contributed by atoms with Gasteiger partial charge in [-0.25, -0.2) is 4.98 Å². The van der Waals surface area contributed by atoms with Gasteiger partial charge in [-0.05, 0) is 24.1 Å². The van der Waals surface area contributed by atoms with Gasteiger partial charge >= 0.3 is 0 Å². The molecule has 2 rings (SSSR count). The van der Waals surface area contributed by atoms with Crippen molar-refractivity contribution in [3.8, 4) is 0 Å². The number of nitrogens with zero attached hydrogens (tertiary/aromatic N) is 2. The second-order valence-electron chi connectivity index (χ2n) is 5.20. The Morgan fingerprint density at radius 1 is 1.26 bits per heavy atom. The number of aromatic nitrogens is 2. The molecule has 3 nitrogen and oxygen atoms in total. The van der Waals surface area contributed by atoms with Crippen LogP contribution in [0, 0.1) is 0 Å². The van der Waals surface area contributed by atoms with Crippen LogP contribution in [0.4, 0.5) is 5.69 Å². The summed E-state index contributed by atoms with van der Waals surface area (Å²) in [6, 6.07) is 8.63. The smallest absolute Gasteiger partial charge is 0.106 e. The highest BCUT2D eigenvalue weighted by Gasteiger charge is 2.03. The molecule has 0 amide bonds. The molecule has 0 saturated heterocycles. The van der Waals surface area contributed by atoms with Gasteiger partial charge < -0.3 is 9.88 Å². The molecule has 1 aromatic heterocycles. The molecule has 0 aliphatic rings. The first-order chi connectivity index (χ1) is 9.19. The van der Waals surface area contributed by atoms with Gasteiger partial charge in [-0.15, -0.1) is 0 Å². The molecule has 0 aliphatic heterocycles. The third kappa shape index (κ3) is 3.85. The number of rotatable bonds is 6. The minimum absolute atomic E-state index is 0.917. The molecule has 0 bridgehead atoms. The molecule has 0 radical (unpaired) electrons. The summed E-state index contributed by atoms with van der Waals surface area (Å²) in [7, 11) is 4.14. The highest BCUT2D eigenvalue weighted by atomic mass is 15.1. The van der Waals surface area contributed by atoms with Crippen LogP contribution >= 0.6 is 0 Å². The molecule has 1 heterocycles. The number of nitrogens with one attached hydrogen (secondary N) is 1. The molecular weight excluding hydrogens is 234 g/mol. The zero-order valence-electron chi connectivity index (χ0n) is 12.1. The van der Waals surface area contributed by atoms with Gasteiger partial charge in [0, 0.05) is 44.5 Å². The monoisotopic (exact) mass is 257 g/mol. The predicted molar refractivity (Wildman–Crippen MR) is 80.8 cm³/mol. The van der Waals surface area contributed by atoms with Crippen LogP contribution in [0.15, 0.2) is 30.5 Å². The lowest BCUT2D eigenvalue weighted by Gasteiger charge is -2.13. The molecule has 0 spiro atoms. The molecule has 1 aromatic carbocycles. The van der Waals surface area contributed by atoms with E-state index >= 15 is 0 Å². The summed E-state index contributed by atoms with van der Waals surface area (Å²) >= 11 is 0. The van der Waals surface area contributed by atoms with Crippen molar-refractivity contribution in [2.45, 2.75) is 32.6 Å². The van der Waals surface area contributed by atoms with Crippen molar-refractivity contribution in [3.05, 3.63) is 47.5 Å². The summed E-state index contributed by atoms with van der Waals surface area (Å²) in [5.41, 5.74) is 3.75. The second kappa shape index (κ2) is 6.41. The van der Waals surface area contributed by atoms with E-state index in [4.69, 9.17) is 0 Å². The molecule has 0 atom stereocenters. The first-order valence-corrected chi connectivity index (χ1v) is 6.98. The molecule has 0 unspecified atom stereocenters. The highest BCUT2D eigenvalue weighted by Crippen LogP contribution is 2.16. The fraction of sp³-hybridized carbons (Fsp3) is 0.438. The van der Waals surface area contributed by atoms with E-state index < -0.39 is 0 Å². The normalized spacial score (nSPS) is 10.7. The van der Waals surface area contributed by atoms with Gasteiger partial charge in [-0.2, -0.15) is 0 Å². The van der Waals surface area contributed by atoms with Gasteiger partial charge in [0.2, 0.25) is 0 Å². The summed E-state index contributed by atoms with van der Waals surface area (Å²) in [5.74, 6) is 1.11. The lowest BCUT2D eigenvalue weighted by molar-refractivity contribution is 0.760. The van der Waals surface area contributed by atoms with Gasteiger partial charge in [0.1, 0.15) is 5.82 Å². The van der Waals surface area contributed by atoms with Gasteiger partial charge in [0.15, 0.2) is 0 Å². The van der Waals surface area contributed by atoms with E-state index in [1.165, 1.54) is 29.8 Å². The number of anilines is 1. The van der Waals surface area contributed by atoms with Crippen LogP contribution in [-0.2, 0) is 12.8 Å². The zero-order chi connectivity index (χ0) is 13.7. The molecule has 2 aromatic rings. The summed E-state index contributed by atoms with van der Waals surface area (Å²) < 4.78 is 0. The van der Waals surface area contributed by atoms with Gasteiger partial charge in [0.05, 0.1) is 0 Å². The first kappa shape index (κ1) is 13.7. The maximum atomic E-state index is 4.44. The molecule has 0 aliphatic carbocycles. The SMILES string of the molecule is CCCCc1ncc(Cc2cccc(N(C)C)c2)[nH]1. The van der Waals surface area contributed by atoms with Crippen molar-refractivity contribution in [2.24, 2.45) is 0 Å². The minimum Gasteiger partial charge on any atom is -0.378 e. The average molecular weight is 257 g/mol. The van der Waals surface area contributed by atoms with Crippen molar-refractivity contribution < 1.29 is 0 Å². The number of hydrogen-bond acceptors (Lipinski definition) is 2. The third-order valence-corrected chi connectivity index (χ3v) is 3.27. The Morgan fingerprint density at radius 3 is 2.84 bits per heavy atom. The number of unbranched alkanes of at least 4 members (excludes halogenated alkanes) is 1. The summed E-state index contributed by atoms with van der Waals surface area (Å²) in [5, 5.41) is 0.